The minimum atomic E-state index is -4.55. The molecule has 8 nitrogen and oxygen atoms in total. The van der Waals surface area contributed by atoms with Gasteiger partial charge in [0.05, 0.1) is 6.54 Å². The van der Waals surface area contributed by atoms with Gasteiger partial charge in [-0.25, -0.2) is 0 Å². The number of ether oxygens (including phenoxy) is 1. The van der Waals surface area contributed by atoms with Crippen molar-refractivity contribution in [3.63, 3.8) is 0 Å². The smallest absolute Gasteiger partial charge is 0.435 e. The largest absolute Gasteiger partial charge is 0.491 e. The van der Waals surface area contributed by atoms with Crippen LogP contribution in [0.5, 0.6) is 5.75 Å². The summed E-state index contributed by atoms with van der Waals surface area (Å²) in [6, 6.07) is 18.1. The summed E-state index contributed by atoms with van der Waals surface area (Å²) in [5.41, 5.74) is 3.35. The van der Waals surface area contributed by atoms with Crippen LogP contribution in [0.2, 0.25) is 0 Å². The molecule has 0 aliphatic carbocycles. The lowest BCUT2D eigenvalue weighted by molar-refractivity contribution is -0.141. The number of nitrogens with zero attached hydrogens (tertiary/aromatic N) is 5. The zero-order chi connectivity index (χ0) is 29.7. The van der Waals surface area contributed by atoms with E-state index in [1.807, 2.05) is 48.5 Å². The number of rotatable bonds is 4. The summed E-state index contributed by atoms with van der Waals surface area (Å²) in [6.07, 6.45) is 0.640. The summed E-state index contributed by atoms with van der Waals surface area (Å²) in [5.74, 6) is 0.222. The molecule has 0 saturated carbocycles. The van der Waals surface area contributed by atoms with Crippen molar-refractivity contribution in [2.75, 3.05) is 33.3 Å². The highest BCUT2D eigenvalue weighted by atomic mass is 19.4. The number of fused-ring (bicyclic) bond motifs is 3. The molecular weight excluding hydrogens is 547 g/mol. The molecule has 0 spiro atoms. The van der Waals surface area contributed by atoms with Crippen LogP contribution in [0.1, 0.15) is 33.6 Å². The lowest BCUT2D eigenvalue weighted by Gasteiger charge is -2.27. The molecule has 2 bridgehead atoms. The highest BCUT2D eigenvalue weighted by molar-refractivity contribution is 5.94. The fourth-order valence-corrected chi connectivity index (χ4v) is 4.83. The number of pyridine rings is 1. The molecule has 2 aromatic carbocycles. The van der Waals surface area contributed by atoms with Gasteiger partial charge in [-0.1, -0.05) is 24.3 Å². The van der Waals surface area contributed by atoms with E-state index in [-0.39, 0.29) is 51.0 Å². The first kappa shape index (κ1) is 28.8. The number of aromatic nitrogens is 3. The summed E-state index contributed by atoms with van der Waals surface area (Å²) in [6.45, 7) is 0.947. The number of benzene rings is 2. The van der Waals surface area contributed by atoms with E-state index in [4.69, 9.17) is 4.74 Å². The maximum atomic E-state index is 13.2. The minimum Gasteiger partial charge on any atom is -0.491 e. The van der Waals surface area contributed by atoms with Crippen LogP contribution in [-0.4, -0.2) is 69.7 Å². The van der Waals surface area contributed by atoms with Crippen molar-refractivity contribution in [2.45, 2.75) is 25.6 Å². The molecule has 0 atom stereocenters. The van der Waals surface area contributed by atoms with Gasteiger partial charge in [0.25, 0.3) is 5.91 Å². The van der Waals surface area contributed by atoms with Crippen LogP contribution in [0.25, 0.3) is 11.1 Å². The van der Waals surface area contributed by atoms with E-state index in [9.17, 15) is 22.8 Å². The molecule has 42 heavy (non-hydrogen) atoms. The molecule has 5 rings (SSSR count). The van der Waals surface area contributed by atoms with E-state index >= 15 is 0 Å². The van der Waals surface area contributed by atoms with E-state index in [2.05, 4.69) is 10.1 Å². The number of likely N-dealkylation sites (N-methyl/N-ethyl adjacent to an activating group) is 1. The summed E-state index contributed by atoms with van der Waals surface area (Å²) in [5, 5.41) is 3.53. The van der Waals surface area contributed by atoms with Gasteiger partial charge in [0.1, 0.15) is 12.4 Å². The Kier molecular flexibility index (Phi) is 8.56. The minimum absolute atomic E-state index is 0.00616. The highest BCUT2D eigenvalue weighted by Crippen LogP contribution is 2.29. The molecule has 2 amide bonds. The zero-order valence-corrected chi connectivity index (χ0v) is 23.1. The van der Waals surface area contributed by atoms with Gasteiger partial charge in [-0.15, -0.1) is 0 Å². The molecule has 0 saturated heterocycles. The Morgan fingerprint density at radius 2 is 1.81 bits per heavy atom. The molecular formula is C31H30F3N5O3. The first-order valence-electron chi connectivity index (χ1n) is 13.6. The second kappa shape index (κ2) is 12.5. The molecule has 3 heterocycles. The van der Waals surface area contributed by atoms with Gasteiger partial charge in [0.2, 0.25) is 5.91 Å². The third-order valence-corrected chi connectivity index (χ3v) is 7.13. The van der Waals surface area contributed by atoms with E-state index in [1.54, 1.807) is 35.3 Å². The maximum Gasteiger partial charge on any atom is 0.435 e. The van der Waals surface area contributed by atoms with Gasteiger partial charge in [-0.3, -0.25) is 19.3 Å². The average Bonchev–Trinajstić information content (AvgIpc) is 3.48. The molecule has 2 aromatic heterocycles. The third kappa shape index (κ3) is 6.96. The van der Waals surface area contributed by atoms with Crippen molar-refractivity contribution in [1.82, 2.24) is 24.6 Å². The van der Waals surface area contributed by atoms with E-state index in [0.717, 1.165) is 33.0 Å². The molecule has 1 aliphatic heterocycles. The molecule has 218 valence electrons. The fraction of sp³-hybridized carbons (Fsp3) is 0.290. The van der Waals surface area contributed by atoms with Crippen LogP contribution in [0.4, 0.5) is 13.2 Å². The second-order valence-electron chi connectivity index (χ2n) is 10.1. The summed E-state index contributed by atoms with van der Waals surface area (Å²) >= 11 is 0. The molecule has 4 aromatic rings. The lowest BCUT2D eigenvalue weighted by atomic mass is 9.98. The SMILES string of the molecule is CN1CCN(C(=O)CCn2ccc(C(F)(F)F)n2)CCOc2ccc(-c3cccnc3)cc2Cc2cccc(c2)C1=O. The van der Waals surface area contributed by atoms with Crippen LogP contribution in [-0.2, 0) is 23.9 Å². The van der Waals surface area contributed by atoms with Crippen molar-refractivity contribution in [3.8, 4) is 16.9 Å². The zero-order valence-electron chi connectivity index (χ0n) is 23.1. The van der Waals surface area contributed by atoms with Crippen LogP contribution in [0.3, 0.4) is 0 Å². The van der Waals surface area contributed by atoms with Gasteiger partial charge >= 0.3 is 6.18 Å². The lowest BCUT2D eigenvalue weighted by Crippen LogP contribution is -2.41. The van der Waals surface area contributed by atoms with Gasteiger partial charge in [0.15, 0.2) is 5.69 Å². The molecule has 1 aliphatic rings. The maximum absolute atomic E-state index is 13.2. The quantitative estimate of drug-likeness (QED) is 0.344. The molecule has 11 heteroatoms. The Labute approximate surface area is 241 Å². The summed E-state index contributed by atoms with van der Waals surface area (Å²) in [4.78, 5) is 33.8. The Morgan fingerprint density at radius 3 is 2.57 bits per heavy atom. The monoisotopic (exact) mass is 577 g/mol. The Morgan fingerprint density at radius 1 is 0.976 bits per heavy atom. The molecule has 0 fully saturated rings. The van der Waals surface area contributed by atoms with Crippen LogP contribution in [0.15, 0.2) is 79.3 Å². The molecule has 0 unspecified atom stereocenters. The number of aryl methyl sites for hydroxylation is 1. The number of halogens is 3. The Bertz CT molecular complexity index is 1550. The van der Waals surface area contributed by atoms with Crippen molar-refractivity contribution >= 4 is 11.8 Å². The predicted octanol–water partition coefficient (Wildman–Crippen LogP) is 4.94. The van der Waals surface area contributed by atoms with Gasteiger partial charge in [-0.2, -0.15) is 18.3 Å². The Balaban J connectivity index is 1.38. The van der Waals surface area contributed by atoms with Crippen molar-refractivity contribution in [2.24, 2.45) is 0 Å². The van der Waals surface area contributed by atoms with Crippen molar-refractivity contribution in [1.29, 1.82) is 0 Å². The van der Waals surface area contributed by atoms with Crippen molar-refractivity contribution in [3.05, 3.63) is 102 Å². The first-order valence-corrected chi connectivity index (χ1v) is 13.6. The summed E-state index contributed by atoms with van der Waals surface area (Å²) < 4.78 is 46.0. The summed E-state index contributed by atoms with van der Waals surface area (Å²) in [7, 11) is 1.68. The third-order valence-electron chi connectivity index (χ3n) is 7.13. The Hall–Kier alpha value is -4.67. The van der Waals surface area contributed by atoms with Crippen LogP contribution in [0, 0.1) is 0 Å². The highest BCUT2D eigenvalue weighted by Gasteiger charge is 2.33. The molecule has 0 radical (unpaired) electrons. The predicted molar refractivity (Wildman–Crippen MR) is 150 cm³/mol. The number of carbonyl (C=O) groups is 2. The van der Waals surface area contributed by atoms with Crippen LogP contribution >= 0.6 is 0 Å². The van der Waals surface area contributed by atoms with E-state index in [1.165, 1.54) is 6.20 Å². The van der Waals surface area contributed by atoms with Gasteiger partial charge < -0.3 is 14.5 Å². The average molecular weight is 578 g/mol. The fourth-order valence-electron chi connectivity index (χ4n) is 4.83. The van der Waals surface area contributed by atoms with Crippen molar-refractivity contribution < 1.29 is 27.5 Å². The number of carbonyl (C=O) groups excluding carboxylic acids is 2. The van der Waals surface area contributed by atoms with Gasteiger partial charge in [-0.05, 0) is 53.1 Å². The number of hydrogen-bond donors (Lipinski definition) is 0. The number of hydrogen-bond acceptors (Lipinski definition) is 5. The standard InChI is InChI=1S/C31H30F3N5O3/c1-37-14-15-38(29(40)10-13-39-12-9-28(36-39)31(32,33)34)16-17-42-27-8-7-23(25-6-3-11-35-21-25)20-26(27)19-22-4-2-5-24(18-22)30(37)41/h2-9,11-12,18,20-21H,10,13-17,19H2,1H3. The normalized spacial score (nSPS) is 14.6. The first-order chi connectivity index (χ1) is 20.2. The van der Waals surface area contributed by atoms with E-state index in [0.29, 0.717) is 17.7 Å². The number of amides is 2. The van der Waals surface area contributed by atoms with Gasteiger partial charge in [0, 0.05) is 69.2 Å². The topological polar surface area (TPSA) is 80.6 Å². The van der Waals surface area contributed by atoms with E-state index < -0.39 is 11.9 Å². The number of alkyl halides is 3. The van der Waals surface area contributed by atoms with Crippen LogP contribution < -0.4 is 4.74 Å². The second-order valence-corrected chi connectivity index (χ2v) is 10.1. The molecule has 0 N–H and O–H groups in total.